The molecule has 78 valence electrons. The van der Waals surface area contributed by atoms with Gasteiger partial charge < -0.3 is 10.1 Å². The van der Waals surface area contributed by atoms with E-state index < -0.39 is 11.4 Å². The van der Waals surface area contributed by atoms with Gasteiger partial charge in [0.2, 0.25) is 0 Å². The Kier molecular flexibility index (Phi) is 1.66. The number of carbonyl (C=O) groups excluding carboxylic acids is 1. The predicted molar refractivity (Wildman–Crippen MR) is 55.3 cm³/mol. The van der Waals surface area contributed by atoms with Crippen LogP contribution in [0.25, 0.3) is 0 Å². The molecule has 1 aromatic rings. The number of benzene rings is 1. The number of hydrogen-bond donors (Lipinski definition) is 1. The Labute approximate surface area is 93.7 Å². The third-order valence-corrected chi connectivity index (χ3v) is 3.33. The third kappa shape index (κ3) is 1.19. The number of hydrogen-bond acceptors (Lipinski definition) is 2. The summed E-state index contributed by atoms with van der Waals surface area (Å²) in [4.78, 5) is 11.6. The second-order valence-electron chi connectivity index (χ2n) is 3.78. The zero-order chi connectivity index (χ0) is 10.6. The van der Waals surface area contributed by atoms with E-state index in [1.807, 2.05) is 0 Å². The lowest BCUT2D eigenvalue weighted by Crippen LogP contribution is -2.39. The highest BCUT2D eigenvalue weighted by molar-refractivity contribution is 9.10. The average Bonchev–Trinajstić information content (AvgIpc) is 2.97. The molecule has 1 spiro atoms. The largest absolute Gasteiger partial charge is 0.475 e. The molecule has 0 atom stereocenters. The van der Waals surface area contributed by atoms with Gasteiger partial charge in [0.05, 0.1) is 4.47 Å². The van der Waals surface area contributed by atoms with Crippen molar-refractivity contribution in [1.29, 1.82) is 0 Å². The van der Waals surface area contributed by atoms with Crippen LogP contribution in [-0.4, -0.2) is 11.5 Å². The number of rotatable bonds is 0. The van der Waals surface area contributed by atoms with Gasteiger partial charge in [-0.2, -0.15) is 0 Å². The highest BCUT2D eigenvalue weighted by atomic mass is 79.9. The minimum Gasteiger partial charge on any atom is -0.475 e. The van der Waals surface area contributed by atoms with Crippen molar-refractivity contribution in [2.45, 2.75) is 18.4 Å². The first-order valence-corrected chi connectivity index (χ1v) is 5.40. The number of nitrogens with one attached hydrogen (secondary N) is 1. The van der Waals surface area contributed by atoms with E-state index in [2.05, 4.69) is 21.2 Å². The van der Waals surface area contributed by atoms with Gasteiger partial charge in [0, 0.05) is 12.8 Å². The monoisotopic (exact) mass is 271 g/mol. The van der Waals surface area contributed by atoms with Crippen LogP contribution in [0.3, 0.4) is 0 Å². The van der Waals surface area contributed by atoms with E-state index in [0.29, 0.717) is 23.1 Å². The maximum atomic E-state index is 13.6. The van der Waals surface area contributed by atoms with Gasteiger partial charge in [-0.15, -0.1) is 0 Å². The van der Waals surface area contributed by atoms with E-state index in [9.17, 15) is 9.18 Å². The van der Waals surface area contributed by atoms with Gasteiger partial charge in [0.15, 0.2) is 11.4 Å². The Morgan fingerprint density at radius 1 is 1.47 bits per heavy atom. The molecule has 1 aromatic carbocycles. The van der Waals surface area contributed by atoms with Crippen LogP contribution in [0.5, 0.6) is 5.75 Å². The van der Waals surface area contributed by atoms with Crippen LogP contribution in [0.4, 0.5) is 10.1 Å². The van der Waals surface area contributed by atoms with Crippen LogP contribution in [0.1, 0.15) is 12.8 Å². The maximum absolute atomic E-state index is 13.6. The minimum absolute atomic E-state index is 0.131. The summed E-state index contributed by atoms with van der Waals surface area (Å²) in [6.45, 7) is 0. The average molecular weight is 272 g/mol. The molecule has 0 bridgehead atoms. The van der Waals surface area contributed by atoms with Crippen LogP contribution >= 0.6 is 15.9 Å². The standard InChI is InChI=1S/C10H7BrFNO2/c11-5-1-2-6-8(7(5)12)13-9(14)10(15-6)3-4-10/h1-2H,3-4H2,(H,13,14). The minimum atomic E-state index is -0.715. The molecule has 15 heavy (non-hydrogen) atoms. The molecular weight excluding hydrogens is 265 g/mol. The Morgan fingerprint density at radius 3 is 2.87 bits per heavy atom. The highest BCUT2D eigenvalue weighted by Crippen LogP contribution is 2.48. The summed E-state index contributed by atoms with van der Waals surface area (Å²) < 4.78 is 19.4. The number of ether oxygens (including phenoxy) is 1. The molecule has 0 radical (unpaired) electrons. The topological polar surface area (TPSA) is 38.3 Å². The van der Waals surface area contributed by atoms with Crippen LogP contribution < -0.4 is 10.1 Å². The number of halogens is 2. The van der Waals surface area contributed by atoms with Gasteiger partial charge in [-0.05, 0) is 28.1 Å². The fourth-order valence-electron chi connectivity index (χ4n) is 1.66. The van der Waals surface area contributed by atoms with Crippen molar-refractivity contribution in [3.05, 3.63) is 22.4 Å². The van der Waals surface area contributed by atoms with Crippen molar-refractivity contribution >= 4 is 27.5 Å². The Hall–Kier alpha value is -1.10. The van der Waals surface area contributed by atoms with Crippen molar-refractivity contribution < 1.29 is 13.9 Å². The van der Waals surface area contributed by atoms with Crippen molar-refractivity contribution in [3.8, 4) is 5.75 Å². The van der Waals surface area contributed by atoms with E-state index >= 15 is 0 Å². The normalized spacial score (nSPS) is 20.5. The second kappa shape index (κ2) is 2.72. The van der Waals surface area contributed by atoms with E-state index in [0.717, 1.165) is 0 Å². The van der Waals surface area contributed by atoms with Crippen molar-refractivity contribution in [3.63, 3.8) is 0 Å². The number of fused-ring (bicyclic) bond motifs is 1. The van der Waals surface area contributed by atoms with Gasteiger partial charge in [-0.3, -0.25) is 4.79 Å². The molecule has 2 aliphatic rings. The Balaban J connectivity index is 2.12. The van der Waals surface area contributed by atoms with Gasteiger partial charge >= 0.3 is 0 Å². The quantitative estimate of drug-likeness (QED) is 0.787. The summed E-state index contributed by atoms with van der Waals surface area (Å²) in [5.74, 6) is -0.323. The fourth-order valence-corrected chi connectivity index (χ4v) is 1.99. The van der Waals surface area contributed by atoms with Crippen LogP contribution in [0.2, 0.25) is 0 Å². The first-order valence-electron chi connectivity index (χ1n) is 4.61. The van der Waals surface area contributed by atoms with E-state index in [1.165, 1.54) is 0 Å². The molecule has 1 saturated carbocycles. The zero-order valence-electron chi connectivity index (χ0n) is 7.64. The van der Waals surface area contributed by atoms with Crippen LogP contribution in [-0.2, 0) is 4.79 Å². The molecular formula is C10H7BrFNO2. The molecule has 5 heteroatoms. The molecule has 1 heterocycles. The van der Waals surface area contributed by atoms with Gasteiger partial charge in [-0.25, -0.2) is 4.39 Å². The predicted octanol–water partition coefficient (Wildman–Crippen LogP) is 2.45. The smallest absolute Gasteiger partial charge is 0.268 e. The lowest BCUT2D eigenvalue weighted by molar-refractivity contribution is -0.125. The summed E-state index contributed by atoms with van der Waals surface area (Å²) in [6, 6.07) is 3.23. The molecule has 1 amide bonds. The first-order chi connectivity index (χ1) is 7.12. The lowest BCUT2D eigenvalue weighted by atomic mass is 10.2. The molecule has 0 unspecified atom stereocenters. The molecule has 0 saturated heterocycles. The Morgan fingerprint density at radius 2 is 2.20 bits per heavy atom. The molecule has 1 N–H and O–H groups in total. The van der Waals surface area contributed by atoms with E-state index in [4.69, 9.17) is 4.74 Å². The number of carbonyl (C=O) groups is 1. The zero-order valence-corrected chi connectivity index (χ0v) is 9.23. The Bertz CT molecular complexity index is 471. The van der Waals surface area contributed by atoms with Crippen molar-refractivity contribution in [2.24, 2.45) is 0 Å². The molecule has 0 aromatic heterocycles. The van der Waals surface area contributed by atoms with Crippen LogP contribution in [0.15, 0.2) is 16.6 Å². The van der Waals surface area contributed by atoms with Gasteiger partial charge in [-0.1, -0.05) is 0 Å². The molecule has 3 rings (SSSR count). The maximum Gasteiger partial charge on any atom is 0.268 e. The van der Waals surface area contributed by atoms with E-state index in [1.54, 1.807) is 12.1 Å². The van der Waals surface area contributed by atoms with E-state index in [-0.39, 0.29) is 11.6 Å². The fraction of sp³-hybridized carbons (Fsp3) is 0.300. The molecule has 1 aliphatic carbocycles. The summed E-state index contributed by atoms with van der Waals surface area (Å²) in [6.07, 6.45) is 1.41. The van der Waals surface area contributed by atoms with Crippen LogP contribution in [0, 0.1) is 5.82 Å². The van der Waals surface area contributed by atoms with Gasteiger partial charge in [0.25, 0.3) is 5.91 Å². The van der Waals surface area contributed by atoms with Crippen molar-refractivity contribution in [2.75, 3.05) is 5.32 Å². The number of anilines is 1. The third-order valence-electron chi connectivity index (χ3n) is 2.72. The summed E-state index contributed by atoms with van der Waals surface area (Å²) in [7, 11) is 0. The molecule has 1 fully saturated rings. The number of amides is 1. The summed E-state index contributed by atoms with van der Waals surface area (Å²) in [5, 5.41) is 2.55. The SMILES string of the molecule is O=C1Nc2c(ccc(Br)c2F)OC12CC2. The summed E-state index contributed by atoms with van der Waals surface area (Å²) in [5.41, 5.74) is -0.584. The molecule has 3 nitrogen and oxygen atoms in total. The van der Waals surface area contributed by atoms with Crippen molar-refractivity contribution in [1.82, 2.24) is 0 Å². The lowest BCUT2D eigenvalue weighted by Gasteiger charge is -2.26. The second-order valence-corrected chi connectivity index (χ2v) is 4.64. The van der Waals surface area contributed by atoms with Gasteiger partial charge in [0.1, 0.15) is 11.4 Å². The first kappa shape index (κ1) is 9.15. The molecule has 1 aliphatic heterocycles. The summed E-state index contributed by atoms with van der Waals surface area (Å²) >= 11 is 3.06. The highest BCUT2D eigenvalue weighted by Gasteiger charge is 2.55.